The largest absolute Gasteiger partial charge is 0.474 e. The summed E-state index contributed by atoms with van der Waals surface area (Å²) in [4.78, 5) is -0.387. The van der Waals surface area contributed by atoms with Crippen LogP contribution in [0.4, 0.5) is 4.39 Å². The molecule has 0 aliphatic rings. The van der Waals surface area contributed by atoms with Gasteiger partial charge in [-0.25, -0.2) is 4.39 Å². The SMILES string of the molecule is CSC(C)(C)Oc1ccccc1F. The second-order valence-electron chi connectivity index (χ2n) is 3.14. The molecule has 1 aromatic rings. The van der Waals surface area contributed by atoms with Crippen LogP contribution in [0.1, 0.15) is 13.8 Å². The smallest absolute Gasteiger partial charge is 0.165 e. The summed E-state index contributed by atoms with van der Waals surface area (Å²) in [5, 5.41) is 0. The summed E-state index contributed by atoms with van der Waals surface area (Å²) < 4.78 is 18.6. The van der Waals surface area contributed by atoms with Crippen molar-refractivity contribution in [1.82, 2.24) is 0 Å². The summed E-state index contributed by atoms with van der Waals surface area (Å²) in [5.74, 6) is -0.00789. The van der Waals surface area contributed by atoms with Crippen LogP contribution in [0, 0.1) is 5.82 Å². The normalized spacial score (nSPS) is 11.4. The van der Waals surface area contributed by atoms with Gasteiger partial charge in [-0.1, -0.05) is 12.1 Å². The Kier molecular flexibility index (Phi) is 3.20. The van der Waals surface area contributed by atoms with Crippen molar-refractivity contribution in [2.75, 3.05) is 6.26 Å². The van der Waals surface area contributed by atoms with E-state index in [4.69, 9.17) is 4.74 Å². The van der Waals surface area contributed by atoms with E-state index in [9.17, 15) is 4.39 Å². The average molecular weight is 200 g/mol. The summed E-state index contributed by atoms with van der Waals surface area (Å²) in [6, 6.07) is 6.43. The van der Waals surface area contributed by atoms with Crippen LogP contribution in [-0.2, 0) is 0 Å². The second-order valence-corrected chi connectivity index (χ2v) is 4.53. The highest BCUT2D eigenvalue weighted by Gasteiger charge is 2.19. The van der Waals surface area contributed by atoms with E-state index in [0.29, 0.717) is 5.75 Å². The van der Waals surface area contributed by atoms with Crippen LogP contribution in [0.25, 0.3) is 0 Å². The molecule has 0 saturated heterocycles. The number of para-hydroxylation sites is 1. The van der Waals surface area contributed by atoms with Gasteiger partial charge in [-0.15, -0.1) is 11.8 Å². The standard InChI is InChI=1S/C10H13FOS/c1-10(2,13-3)12-9-7-5-4-6-8(9)11/h4-7H,1-3H3. The second kappa shape index (κ2) is 4.01. The fourth-order valence-electron chi connectivity index (χ4n) is 0.834. The van der Waals surface area contributed by atoms with E-state index >= 15 is 0 Å². The molecule has 13 heavy (non-hydrogen) atoms. The topological polar surface area (TPSA) is 9.23 Å². The van der Waals surface area contributed by atoms with E-state index < -0.39 is 0 Å². The monoisotopic (exact) mass is 200 g/mol. The maximum absolute atomic E-state index is 13.1. The summed E-state index contributed by atoms with van der Waals surface area (Å²) in [6.07, 6.45) is 1.93. The predicted molar refractivity (Wildman–Crippen MR) is 54.6 cm³/mol. The van der Waals surface area contributed by atoms with Crippen LogP contribution in [0.15, 0.2) is 24.3 Å². The van der Waals surface area contributed by atoms with Gasteiger partial charge in [-0.2, -0.15) is 0 Å². The molecule has 0 heterocycles. The Labute approximate surface area is 82.3 Å². The summed E-state index contributed by atoms with van der Waals surface area (Å²) in [5.41, 5.74) is 0. The zero-order valence-electron chi connectivity index (χ0n) is 8.00. The van der Waals surface area contributed by atoms with Gasteiger partial charge in [-0.3, -0.25) is 0 Å². The van der Waals surface area contributed by atoms with Gasteiger partial charge < -0.3 is 4.74 Å². The van der Waals surface area contributed by atoms with Gasteiger partial charge in [0.15, 0.2) is 11.6 Å². The lowest BCUT2D eigenvalue weighted by molar-refractivity contribution is 0.198. The van der Waals surface area contributed by atoms with E-state index in [1.165, 1.54) is 6.07 Å². The van der Waals surface area contributed by atoms with E-state index in [1.54, 1.807) is 30.0 Å². The molecule has 1 rings (SSSR count). The number of hydrogen-bond donors (Lipinski definition) is 0. The summed E-state index contributed by atoms with van der Waals surface area (Å²) >= 11 is 1.54. The average Bonchev–Trinajstić information content (AvgIpc) is 2.09. The molecule has 1 aromatic carbocycles. The van der Waals surface area contributed by atoms with Crippen LogP contribution in [0.5, 0.6) is 5.75 Å². The summed E-state index contributed by atoms with van der Waals surface area (Å²) in [6.45, 7) is 3.81. The fourth-order valence-corrected chi connectivity index (χ4v) is 1.01. The van der Waals surface area contributed by atoms with Crippen LogP contribution in [-0.4, -0.2) is 11.2 Å². The molecule has 0 unspecified atom stereocenters. The molecule has 1 nitrogen and oxygen atoms in total. The lowest BCUT2D eigenvalue weighted by Crippen LogP contribution is -2.23. The molecule has 0 aliphatic carbocycles. The Bertz CT molecular complexity index is 286. The Hall–Kier alpha value is -0.700. The zero-order chi connectivity index (χ0) is 9.90. The first-order chi connectivity index (χ1) is 6.05. The Balaban J connectivity index is 2.80. The van der Waals surface area contributed by atoms with Crippen LogP contribution < -0.4 is 4.74 Å². The molecule has 0 aromatic heterocycles. The van der Waals surface area contributed by atoms with Gasteiger partial charge in [-0.05, 0) is 32.2 Å². The van der Waals surface area contributed by atoms with Crippen LogP contribution >= 0.6 is 11.8 Å². The molecule has 72 valence electrons. The zero-order valence-corrected chi connectivity index (χ0v) is 8.82. The van der Waals surface area contributed by atoms with Crippen molar-refractivity contribution < 1.29 is 9.13 Å². The third-order valence-electron chi connectivity index (χ3n) is 1.68. The molecule has 0 N–H and O–H groups in total. The minimum absolute atomic E-state index is 0.307. The Morgan fingerprint density at radius 3 is 2.46 bits per heavy atom. The molecule has 0 radical (unpaired) electrons. The number of hydrogen-bond acceptors (Lipinski definition) is 2. The fraction of sp³-hybridized carbons (Fsp3) is 0.400. The Morgan fingerprint density at radius 2 is 1.92 bits per heavy atom. The van der Waals surface area contributed by atoms with E-state index in [1.807, 2.05) is 20.1 Å². The first kappa shape index (κ1) is 10.4. The molecule has 0 atom stereocenters. The molecule has 0 saturated carbocycles. The predicted octanol–water partition coefficient (Wildman–Crippen LogP) is 3.30. The minimum Gasteiger partial charge on any atom is -0.474 e. The molecular formula is C10H13FOS. The van der Waals surface area contributed by atoms with Crippen LogP contribution in [0.3, 0.4) is 0 Å². The van der Waals surface area contributed by atoms with E-state index in [2.05, 4.69) is 0 Å². The number of benzene rings is 1. The van der Waals surface area contributed by atoms with Gasteiger partial charge >= 0.3 is 0 Å². The van der Waals surface area contributed by atoms with Crippen molar-refractivity contribution in [3.8, 4) is 5.75 Å². The molecule has 0 bridgehead atoms. The van der Waals surface area contributed by atoms with Crippen molar-refractivity contribution in [3.05, 3.63) is 30.1 Å². The number of ether oxygens (including phenoxy) is 1. The number of rotatable bonds is 3. The first-order valence-corrected chi connectivity index (χ1v) is 5.26. The van der Waals surface area contributed by atoms with Gasteiger partial charge in [0.1, 0.15) is 4.93 Å². The molecular weight excluding hydrogens is 187 g/mol. The van der Waals surface area contributed by atoms with E-state index in [0.717, 1.165) is 0 Å². The highest BCUT2D eigenvalue weighted by atomic mass is 32.2. The third kappa shape index (κ3) is 2.92. The maximum Gasteiger partial charge on any atom is 0.165 e. The van der Waals surface area contributed by atoms with Crippen molar-refractivity contribution in [2.24, 2.45) is 0 Å². The van der Waals surface area contributed by atoms with Crippen molar-refractivity contribution >= 4 is 11.8 Å². The summed E-state index contributed by atoms with van der Waals surface area (Å²) in [7, 11) is 0. The lowest BCUT2D eigenvalue weighted by atomic mass is 10.3. The highest BCUT2D eigenvalue weighted by Crippen LogP contribution is 2.27. The maximum atomic E-state index is 13.1. The van der Waals surface area contributed by atoms with Crippen LogP contribution in [0.2, 0.25) is 0 Å². The molecule has 3 heteroatoms. The first-order valence-electron chi connectivity index (χ1n) is 4.04. The highest BCUT2D eigenvalue weighted by molar-refractivity contribution is 7.99. The van der Waals surface area contributed by atoms with Gasteiger partial charge in [0.2, 0.25) is 0 Å². The van der Waals surface area contributed by atoms with Crippen molar-refractivity contribution in [3.63, 3.8) is 0 Å². The molecule has 0 spiro atoms. The minimum atomic E-state index is -0.387. The lowest BCUT2D eigenvalue weighted by Gasteiger charge is -2.24. The van der Waals surface area contributed by atoms with E-state index in [-0.39, 0.29) is 10.8 Å². The van der Waals surface area contributed by atoms with Crippen molar-refractivity contribution in [1.29, 1.82) is 0 Å². The molecule has 0 aliphatic heterocycles. The third-order valence-corrected chi connectivity index (χ3v) is 2.75. The van der Waals surface area contributed by atoms with Gasteiger partial charge in [0.25, 0.3) is 0 Å². The quantitative estimate of drug-likeness (QED) is 0.692. The molecule has 0 fully saturated rings. The van der Waals surface area contributed by atoms with Crippen molar-refractivity contribution in [2.45, 2.75) is 18.8 Å². The Morgan fingerprint density at radius 1 is 1.31 bits per heavy atom. The number of halogens is 1. The number of thioether (sulfide) groups is 1. The van der Waals surface area contributed by atoms with Gasteiger partial charge in [0.05, 0.1) is 0 Å². The van der Waals surface area contributed by atoms with Gasteiger partial charge in [0, 0.05) is 0 Å². The molecule has 0 amide bonds.